The average Bonchev–Trinajstić information content (AvgIpc) is 3.49. The Bertz CT molecular complexity index is 1420. The number of nitrogens with one attached hydrogen (secondary N) is 1. The third-order valence-corrected chi connectivity index (χ3v) is 8.70. The van der Waals surface area contributed by atoms with Crippen molar-refractivity contribution in [1.82, 2.24) is 10.2 Å². The Morgan fingerprint density at radius 3 is 2.34 bits per heavy atom. The van der Waals surface area contributed by atoms with Gasteiger partial charge < -0.3 is 4.90 Å². The van der Waals surface area contributed by atoms with Crippen molar-refractivity contribution in [2.75, 3.05) is 16.9 Å². The Morgan fingerprint density at radius 1 is 0.868 bits per heavy atom. The van der Waals surface area contributed by atoms with E-state index >= 15 is 0 Å². The molecule has 6 nitrogen and oxygen atoms in total. The van der Waals surface area contributed by atoms with E-state index in [0.29, 0.717) is 23.2 Å². The maximum absolute atomic E-state index is 14.6. The number of halogens is 1. The van der Waals surface area contributed by atoms with Crippen molar-refractivity contribution in [2.24, 2.45) is 11.8 Å². The van der Waals surface area contributed by atoms with Gasteiger partial charge in [0.05, 0.1) is 24.9 Å². The van der Waals surface area contributed by atoms with Crippen LogP contribution >= 0.6 is 11.8 Å². The number of fused-ring (bicyclic) bond motifs is 4. The maximum Gasteiger partial charge on any atom is 0.253 e. The highest BCUT2D eigenvalue weighted by molar-refractivity contribution is 7.98. The summed E-state index contributed by atoms with van der Waals surface area (Å²) in [5.41, 5.74) is 1.18. The predicted molar refractivity (Wildman–Crippen MR) is 145 cm³/mol. The lowest BCUT2D eigenvalue weighted by Gasteiger charge is -2.30. The monoisotopic (exact) mass is 529 g/mol. The summed E-state index contributed by atoms with van der Waals surface area (Å²) < 4.78 is 14.6. The fourth-order valence-corrected chi connectivity index (χ4v) is 6.87. The molecule has 2 saturated heterocycles. The molecule has 3 aliphatic rings. The first-order valence-electron chi connectivity index (χ1n) is 12.8. The Hall–Kier alpha value is -3.49. The summed E-state index contributed by atoms with van der Waals surface area (Å²) in [6.07, 6.45) is 2.64. The van der Waals surface area contributed by atoms with Crippen LogP contribution in [0.4, 0.5) is 10.1 Å². The van der Waals surface area contributed by atoms with Gasteiger partial charge in [0.2, 0.25) is 11.8 Å². The molecule has 0 aliphatic carbocycles. The minimum atomic E-state index is -1.38. The Morgan fingerprint density at radius 2 is 1.58 bits per heavy atom. The number of imide groups is 1. The number of rotatable bonds is 7. The van der Waals surface area contributed by atoms with Crippen LogP contribution in [0.5, 0.6) is 0 Å². The molecular formula is C30H28FN3O3S. The van der Waals surface area contributed by atoms with Crippen molar-refractivity contribution >= 4 is 35.2 Å². The van der Waals surface area contributed by atoms with Crippen molar-refractivity contribution < 1.29 is 18.8 Å². The zero-order valence-corrected chi connectivity index (χ0v) is 21.8. The van der Waals surface area contributed by atoms with Gasteiger partial charge >= 0.3 is 0 Å². The van der Waals surface area contributed by atoms with Gasteiger partial charge in [0, 0.05) is 22.9 Å². The van der Waals surface area contributed by atoms with Crippen LogP contribution in [-0.2, 0) is 33.0 Å². The first kappa shape index (κ1) is 24.8. The molecule has 4 atom stereocenters. The van der Waals surface area contributed by atoms with E-state index in [1.807, 2.05) is 60.9 Å². The summed E-state index contributed by atoms with van der Waals surface area (Å²) in [5.74, 6) is -2.02. The number of likely N-dealkylation sites (tertiary alicyclic amines) is 1. The van der Waals surface area contributed by atoms with Gasteiger partial charge in [-0.15, -0.1) is 0 Å². The summed E-state index contributed by atoms with van der Waals surface area (Å²) in [6, 6.07) is 22.8. The molecule has 2 fully saturated rings. The van der Waals surface area contributed by atoms with Crippen LogP contribution in [0.25, 0.3) is 0 Å². The smallest absolute Gasteiger partial charge is 0.253 e. The lowest BCUT2D eigenvalue weighted by molar-refractivity contribution is -0.143. The summed E-state index contributed by atoms with van der Waals surface area (Å²) in [6.45, 7) is 0.209. The number of amides is 3. The van der Waals surface area contributed by atoms with Crippen LogP contribution in [0.2, 0.25) is 0 Å². The topological polar surface area (TPSA) is 69.7 Å². The van der Waals surface area contributed by atoms with E-state index in [0.717, 1.165) is 11.3 Å². The predicted octanol–water partition coefficient (Wildman–Crippen LogP) is 4.09. The lowest BCUT2D eigenvalue weighted by Crippen LogP contribution is -2.55. The molecule has 0 unspecified atom stereocenters. The first-order chi connectivity index (χ1) is 18.5. The van der Waals surface area contributed by atoms with Crippen LogP contribution in [0.1, 0.15) is 23.1 Å². The summed E-state index contributed by atoms with van der Waals surface area (Å²) >= 11 is 1.66. The third kappa shape index (κ3) is 3.69. The number of hydrogen-bond donors (Lipinski definition) is 1. The number of anilines is 1. The highest BCUT2D eigenvalue weighted by Crippen LogP contribution is 2.55. The number of benzene rings is 3. The Labute approximate surface area is 225 Å². The highest BCUT2D eigenvalue weighted by Gasteiger charge is 2.71. The molecular weight excluding hydrogens is 501 g/mol. The number of carbonyl (C=O) groups excluding carboxylic acids is 3. The number of thioether (sulfide) groups is 1. The number of para-hydroxylation sites is 1. The highest BCUT2D eigenvalue weighted by atomic mass is 32.2. The number of nitrogens with zero attached hydrogens (tertiary/aromatic N) is 2. The second-order valence-corrected chi connectivity index (χ2v) is 11.1. The molecule has 3 aliphatic heterocycles. The molecule has 0 saturated carbocycles. The van der Waals surface area contributed by atoms with Crippen molar-refractivity contribution in [1.29, 1.82) is 0 Å². The van der Waals surface area contributed by atoms with E-state index in [2.05, 4.69) is 5.32 Å². The Kier molecular flexibility index (Phi) is 6.32. The van der Waals surface area contributed by atoms with E-state index in [4.69, 9.17) is 0 Å². The molecule has 3 aromatic carbocycles. The van der Waals surface area contributed by atoms with E-state index in [1.165, 1.54) is 11.0 Å². The van der Waals surface area contributed by atoms with Gasteiger partial charge in [-0.05, 0) is 36.1 Å². The van der Waals surface area contributed by atoms with Crippen LogP contribution < -0.4 is 10.2 Å². The molecule has 38 heavy (non-hydrogen) atoms. The zero-order chi connectivity index (χ0) is 26.4. The molecule has 6 rings (SSSR count). The fourth-order valence-electron chi connectivity index (χ4n) is 6.38. The molecule has 3 heterocycles. The zero-order valence-electron chi connectivity index (χ0n) is 21.0. The summed E-state index contributed by atoms with van der Waals surface area (Å²) in [4.78, 5) is 45.2. The van der Waals surface area contributed by atoms with E-state index < -0.39 is 23.2 Å². The molecule has 0 aromatic heterocycles. The van der Waals surface area contributed by atoms with Crippen LogP contribution in [-0.4, -0.2) is 40.7 Å². The van der Waals surface area contributed by atoms with Crippen molar-refractivity contribution in [2.45, 2.75) is 31.1 Å². The molecule has 1 spiro atoms. The lowest BCUT2D eigenvalue weighted by atomic mass is 9.76. The first-order valence-corrected chi connectivity index (χ1v) is 14.2. The van der Waals surface area contributed by atoms with Gasteiger partial charge in [-0.1, -0.05) is 66.7 Å². The second-order valence-electron chi connectivity index (χ2n) is 10.1. The Balaban J connectivity index is 1.44. The quantitative estimate of drug-likeness (QED) is 0.467. The third-order valence-electron chi connectivity index (χ3n) is 8.06. The van der Waals surface area contributed by atoms with Crippen molar-refractivity contribution in [3.63, 3.8) is 0 Å². The largest absolute Gasteiger partial charge is 0.306 e. The maximum atomic E-state index is 14.6. The summed E-state index contributed by atoms with van der Waals surface area (Å²) in [5, 5.41) is 3.52. The van der Waals surface area contributed by atoms with Crippen molar-refractivity contribution in [3.8, 4) is 0 Å². The SMILES string of the molecule is CSCC[C@@H]1N[C@]2(C(=O)N(Cc3ccccc3F)c3ccccc32)[C@@H]2C(=O)N(Cc3ccccc3)C(=O)[C@@H]12. The standard InChI is InChI=1S/C30H28FN3O3S/c1-38-16-15-23-25-26(28(36)34(27(25)35)17-19-9-3-2-4-10-19)30(32-23)21-12-6-8-14-24(21)33(29(30)37)18-20-11-5-7-13-22(20)31/h2-14,23,25-26,32H,15-18H2,1H3/t23-,25-,26-,30-/m0/s1. The van der Waals surface area contributed by atoms with Gasteiger partial charge in [-0.3, -0.25) is 24.6 Å². The number of carbonyl (C=O) groups is 3. The minimum absolute atomic E-state index is 0.0364. The van der Waals surface area contributed by atoms with E-state index in [1.54, 1.807) is 34.9 Å². The molecule has 0 bridgehead atoms. The van der Waals surface area contributed by atoms with Crippen molar-refractivity contribution in [3.05, 3.63) is 101 Å². The van der Waals surface area contributed by atoms with E-state index in [9.17, 15) is 18.8 Å². The summed E-state index contributed by atoms with van der Waals surface area (Å²) in [7, 11) is 0. The van der Waals surface area contributed by atoms with Gasteiger partial charge in [-0.2, -0.15) is 11.8 Å². The normalized spacial score (nSPS) is 25.9. The van der Waals surface area contributed by atoms with Gasteiger partial charge in [0.25, 0.3) is 5.91 Å². The number of hydrogen-bond acceptors (Lipinski definition) is 5. The molecule has 3 amide bonds. The van der Waals surface area contributed by atoms with Crippen LogP contribution in [0, 0.1) is 17.7 Å². The molecule has 0 radical (unpaired) electrons. The molecule has 1 N–H and O–H groups in total. The fraction of sp³-hybridized carbons (Fsp3) is 0.300. The van der Waals surface area contributed by atoms with Gasteiger partial charge in [0.15, 0.2) is 0 Å². The van der Waals surface area contributed by atoms with Crippen LogP contribution in [0.3, 0.4) is 0 Å². The van der Waals surface area contributed by atoms with Gasteiger partial charge in [-0.25, -0.2) is 4.39 Å². The average molecular weight is 530 g/mol. The second kappa shape index (κ2) is 9.67. The molecule has 8 heteroatoms. The molecule has 3 aromatic rings. The minimum Gasteiger partial charge on any atom is -0.306 e. The molecule has 194 valence electrons. The van der Waals surface area contributed by atoms with E-state index in [-0.39, 0.29) is 36.9 Å². The van der Waals surface area contributed by atoms with Crippen LogP contribution in [0.15, 0.2) is 78.9 Å². The van der Waals surface area contributed by atoms with Gasteiger partial charge in [0.1, 0.15) is 11.4 Å².